The van der Waals surface area contributed by atoms with Gasteiger partial charge >= 0.3 is 0 Å². The molecular formula is C47H52N2. The van der Waals surface area contributed by atoms with Gasteiger partial charge < -0.3 is 4.40 Å². The van der Waals surface area contributed by atoms with Crippen molar-refractivity contribution in [1.29, 1.82) is 5.26 Å². The largest absolute Gasteiger partial charge is 0.308 e. The molecule has 5 aromatic rings. The summed E-state index contributed by atoms with van der Waals surface area (Å²) in [6.07, 6.45) is 14.3. The molecule has 49 heavy (non-hydrogen) atoms. The maximum Gasteiger partial charge on any atom is 0.0954 e. The van der Waals surface area contributed by atoms with Crippen molar-refractivity contribution in [1.82, 2.24) is 4.40 Å². The number of allylic oxidation sites excluding steroid dienone is 4. The molecule has 2 saturated carbocycles. The first-order valence-corrected chi connectivity index (χ1v) is 19.2. The van der Waals surface area contributed by atoms with Gasteiger partial charge in [-0.3, -0.25) is 0 Å². The molecule has 6 atom stereocenters. The predicted octanol–water partition coefficient (Wildman–Crippen LogP) is 12.7. The first-order chi connectivity index (χ1) is 23.3. The molecule has 2 heteroatoms. The van der Waals surface area contributed by atoms with Crippen LogP contribution in [-0.4, -0.2) is 4.40 Å². The van der Waals surface area contributed by atoms with Gasteiger partial charge in [0.05, 0.1) is 22.8 Å². The molecule has 3 aromatic carbocycles. The molecule has 6 unspecified atom stereocenters. The Hall–Kier alpha value is -3.83. The molecule has 0 aliphatic heterocycles. The van der Waals surface area contributed by atoms with Gasteiger partial charge in [-0.15, -0.1) is 0 Å². The van der Waals surface area contributed by atoms with Crippen molar-refractivity contribution in [3.8, 4) is 6.07 Å². The van der Waals surface area contributed by atoms with Gasteiger partial charge in [0.1, 0.15) is 0 Å². The summed E-state index contributed by atoms with van der Waals surface area (Å²) >= 11 is 0. The van der Waals surface area contributed by atoms with Gasteiger partial charge in [-0.2, -0.15) is 5.26 Å². The zero-order valence-corrected chi connectivity index (χ0v) is 30.9. The van der Waals surface area contributed by atoms with E-state index in [0.717, 1.165) is 30.3 Å². The Kier molecular flexibility index (Phi) is 6.59. The van der Waals surface area contributed by atoms with Gasteiger partial charge in [0, 0.05) is 27.6 Å². The van der Waals surface area contributed by atoms with Gasteiger partial charge in [0.25, 0.3) is 0 Å². The standard InChI is InChI=1S/C47H52N2/c1-10-25(2)14-15-27-16-40-42(17-28(27)24-48)49-43-23-33-26(3)32-20-34(31-13-11-12-30(31)32)35(33)21-37(43)39-22-36-38(44(40)45(39)49)18-29(46(4,5)6)19-41(36)47(7,8)9/h14-15,17-19,21-23,25,27,30-32,34H,3,10-13,16,20H2,1-2,4-9H3/b15-14-. The van der Waals surface area contributed by atoms with Crippen LogP contribution in [0.4, 0.5) is 0 Å². The Morgan fingerprint density at radius 2 is 1.69 bits per heavy atom. The van der Waals surface area contributed by atoms with E-state index in [1.165, 1.54) is 97.2 Å². The summed E-state index contributed by atoms with van der Waals surface area (Å²) in [6, 6.07) is 15.3. The molecule has 4 aliphatic carbocycles. The van der Waals surface area contributed by atoms with Gasteiger partial charge in [-0.1, -0.05) is 93.0 Å². The lowest BCUT2D eigenvalue weighted by atomic mass is 9.76. The molecule has 2 fully saturated rings. The van der Waals surface area contributed by atoms with Crippen molar-refractivity contribution in [2.24, 2.45) is 29.6 Å². The lowest BCUT2D eigenvalue weighted by molar-refractivity contribution is 0.402. The lowest BCUT2D eigenvalue weighted by Crippen LogP contribution is -2.17. The molecule has 4 aliphatic rings. The molecule has 2 heterocycles. The van der Waals surface area contributed by atoms with Crippen LogP contribution in [0.15, 0.2) is 54.6 Å². The number of rotatable bonds is 3. The molecule has 0 N–H and O–H groups in total. The van der Waals surface area contributed by atoms with Crippen LogP contribution in [0.25, 0.3) is 49.6 Å². The number of hydrogen-bond donors (Lipinski definition) is 0. The predicted molar refractivity (Wildman–Crippen MR) is 209 cm³/mol. The van der Waals surface area contributed by atoms with Crippen LogP contribution >= 0.6 is 0 Å². The Morgan fingerprint density at radius 1 is 0.939 bits per heavy atom. The monoisotopic (exact) mass is 644 g/mol. The van der Waals surface area contributed by atoms with E-state index in [1.807, 2.05) is 0 Å². The van der Waals surface area contributed by atoms with E-state index in [4.69, 9.17) is 6.58 Å². The van der Waals surface area contributed by atoms with E-state index in [9.17, 15) is 5.26 Å². The second-order valence-corrected chi connectivity index (χ2v) is 18.4. The summed E-state index contributed by atoms with van der Waals surface area (Å²) in [5.41, 5.74) is 13.3. The smallest absolute Gasteiger partial charge is 0.0954 e. The fourth-order valence-electron chi connectivity index (χ4n) is 10.8. The minimum atomic E-state index is -0.0106. The highest BCUT2D eigenvalue weighted by molar-refractivity contribution is 6.26. The molecule has 2 bridgehead atoms. The second kappa shape index (κ2) is 10.4. The van der Waals surface area contributed by atoms with Crippen molar-refractivity contribution in [2.45, 2.75) is 111 Å². The third kappa shape index (κ3) is 4.30. The Bertz CT molecular complexity index is 2330. The summed E-state index contributed by atoms with van der Waals surface area (Å²) in [5.74, 6) is 3.52. The number of nitriles is 1. The second-order valence-electron chi connectivity index (χ2n) is 18.4. The maximum absolute atomic E-state index is 10.5. The fourth-order valence-corrected chi connectivity index (χ4v) is 10.8. The molecule has 250 valence electrons. The van der Waals surface area contributed by atoms with Crippen molar-refractivity contribution < 1.29 is 0 Å². The summed E-state index contributed by atoms with van der Waals surface area (Å²) in [4.78, 5) is 0. The zero-order chi connectivity index (χ0) is 34.3. The van der Waals surface area contributed by atoms with Crippen LogP contribution in [0.2, 0.25) is 0 Å². The van der Waals surface area contributed by atoms with Crippen LogP contribution in [0.5, 0.6) is 0 Å². The molecule has 2 aromatic heterocycles. The van der Waals surface area contributed by atoms with Crippen LogP contribution in [-0.2, 0) is 17.3 Å². The maximum atomic E-state index is 10.5. The average molecular weight is 645 g/mol. The number of nitrogens with zero attached hydrogens (tertiary/aromatic N) is 2. The third-order valence-corrected chi connectivity index (χ3v) is 13.6. The summed E-state index contributed by atoms with van der Waals surface area (Å²) in [7, 11) is 0. The number of benzene rings is 3. The third-order valence-electron chi connectivity index (χ3n) is 13.6. The van der Waals surface area contributed by atoms with E-state index >= 15 is 0 Å². The van der Waals surface area contributed by atoms with Crippen molar-refractivity contribution in [3.63, 3.8) is 0 Å². The molecule has 0 saturated heterocycles. The van der Waals surface area contributed by atoms with Gasteiger partial charge in [-0.05, 0) is 141 Å². The molecular weight excluding hydrogens is 593 g/mol. The van der Waals surface area contributed by atoms with E-state index in [2.05, 4.69) is 114 Å². The average Bonchev–Trinajstić information content (AvgIpc) is 3.81. The SMILES string of the molecule is C=C1c2cc3c(cc2C2CC1C1CCCC21)c1cc2c(C(C)(C)C)cc(C(C)(C)C)cc2c2c4c(n3c12)C=C(C#N)C(/C=C\C(C)CC)C4. The quantitative estimate of drug-likeness (QED) is 0.180. The van der Waals surface area contributed by atoms with E-state index in [-0.39, 0.29) is 16.7 Å². The Balaban J connectivity index is 1.42. The van der Waals surface area contributed by atoms with Crippen LogP contribution < -0.4 is 0 Å². The first-order valence-electron chi connectivity index (χ1n) is 19.2. The molecule has 9 rings (SSSR count). The molecule has 2 nitrogen and oxygen atoms in total. The van der Waals surface area contributed by atoms with Crippen LogP contribution in [0.3, 0.4) is 0 Å². The first kappa shape index (κ1) is 31.2. The fraction of sp³-hybridized carbons (Fsp3) is 0.468. The van der Waals surface area contributed by atoms with E-state index in [1.54, 1.807) is 5.56 Å². The molecule has 0 radical (unpaired) electrons. The van der Waals surface area contributed by atoms with Crippen molar-refractivity contribution in [3.05, 3.63) is 88.1 Å². The zero-order valence-electron chi connectivity index (χ0n) is 30.9. The van der Waals surface area contributed by atoms with E-state index in [0.29, 0.717) is 17.8 Å². The highest BCUT2D eigenvalue weighted by Gasteiger charge is 2.50. The molecule has 0 spiro atoms. The van der Waals surface area contributed by atoms with Crippen molar-refractivity contribution in [2.75, 3.05) is 0 Å². The lowest BCUT2D eigenvalue weighted by Gasteiger charge is -2.28. The Morgan fingerprint density at radius 3 is 2.39 bits per heavy atom. The number of aromatic nitrogens is 1. The summed E-state index contributed by atoms with van der Waals surface area (Å²) < 4.78 is 2.56. The topological polar surface area (TPSA) is 28.2 Å². The highest BCUT2D eigenvalue weighted by atomic mass is 14.9. The highest BCUT2D eigenvalue weighted by Crippen LogP contribution is 2.63. The van der Waals surface area contributed by atoms with Gasteiger partial charge in [-0.25, -0.2) is 0 Å². The van der Waals surface area contributed by atoms with E-state index < -0.39 is 0 Å². The molecule has 0 amide bonds. The van der Waals surface area contributed by atoms with Gasteiger partial charge in [0.15, 0.2) is 0 Å². The van der Waals surface area contributed by atoms with Crippen molar-refractivity contribution >= 4 is 49.6 Å². The number of fused-ring (bicyclic) bond motifs is 15. The van der Waals surface area contributed by atoms with Crippen LogP contribution in [0.1, 0.15) is 127 Å². The minimum Gasteiger partial charge on any atom is -0.308 e. The van der Waals surface area contributed by atoms with Gasteiger partial charge in [0.2, 0.25) is 0 Å². The Labute approximate surface area is 292 Å². The number of hydrogen-bond acceptors (Lipinski definition) is 1. The normalized spacial score (nSPS) is 25.8. The summed E-state index contributed by atoms with van der Waals surface area (Å²) in [6.45, 7) is 23.5. The van der Waals surface area contributed by atoms with Crippen LogP contribution in [0, 0.1) is 40.9 Å². The minimum absolute atomic E-state index is 0.0106. The summed E-state index contributed by atoms with van der Waals surface area (Å²) in [5, 5.41) is 17.5.